The predicted molar refractivity (Wildman–Crippen MR) is 80.2 cm³/mol. The molecule has 0 amide bonds. The van der Waals surface area contributed by atoms with Crippen molar-refractivity contribution in [3.8, 4) is 0 Å². The van der Waals surface area contributed by atoms with E-state index in [0.29, 0.717) is 11.5 Å². The van der Waals surface area contributed by atoms with Crippen LogP contribution in [0, 0.1) is 32.1 Å². The predicted octanol–water partition coefficient (Wildman–Crippen LogP) is 4.85. The molecule has 1 fully saturated rings. The maximum atomic E-state index is 3.81. The minimum Gasteiger partial charge on any atom is -0.382 e. The lowest BCUT2D eigenvalue weighted by molar-refractivity contribution is 0.366. The molecular formula is C17H27N. The summed E-state index contributed by atoms with van der Waals surface area (Å²) in [6.07, 6.45) is 2.61. The van der Waals surface area contributed by atoms with E-state index in [1.807, 2.05) is 0 Å². The molecule has 0 radical (unpaired) electrons. The van der Waals surface area contributed by atoms with Gasteiger partial charge >= 0.3 is 0 Å². The fourth-order valence-corrected chi connectivity index (χ4v) is 3.68. The van der Waals surface area contributed by atoms with Crippen LogP contribution in [0.15, 0.2) is 12.1 Å². The van der Waals surface area contributed by atoms with Crippen LogP contribution >= 0.6 is 0 Å². The molecule has 100 valence electrons. The van der Waals surface area contributed by atoms with Crippen LogP contribution in [-0.4, -0.2) is 6.04 Å². The maximum Gasteiger partial charge on any atom is 0.0402 e. The first-order valence-corrected chi connectivity index (χ1v) is 7.13. The van der Waals surface area contributed by atoms with Gasteiger partial charge in [0.25, 0.3) is 0 Å². The van der Waals surface area contributed by atoms with Gasteiger partial charge in [0.05, 0.1) is 0 Å². The third-order valence-corrected chi connectivity index (χ3v) is 4.34. The Balaban J connectivity index is 2.20. The van der Waals surface area contributed by atoms with Crippen LogP contribution in [0.4, 0.5) is 5.69 Å². The Morgan fingerprint density at radius 1 is 1.06 bits per heavy atom. The summed E-state index contributed by atoms with van der Waals surface area (Å²) in [5.41, 5.74) is 5.96. The topological polar surface area (TPSA) is 12.0 Å². The second-order valence-corrected chi connectivity index (χ2v) is 7.07. The first-order chi connectivity index (χ1) is 8.28. The molecule has 2 rings (SSSR count). The number of hydrogen-bond donors (Lipinski definition) is 1. The van der Waals surface area contributed by atoms with Crippen molar-refractivity contribution in [1.82, 2.24) is 0 Å². The van der Waals surface area contributed by atoms with E-state index in [-0.39, 0.29) is 0 Å². The van der Waals surface area contributed by atoms with Crippen molar-refractivity contribution in [3.63, 3.8) is 0 Å². The molecule has 1 aliphatic carbocycles. The van der Waals surface area contributed by atoms with Crippen molar-refractivity contribution in [3.05, 3.63) is 28.8 Å². The normalized spacial score (nSPS) is 26.3. The number of aryl methyl sites for hydroxylation is 3. The van der Waals surface area contributed by atoms with Crippen LogP contribution in [0.2, 0.25) is 0 Å². The van der Waals surface area contributed by atoms with E-state index >= 15 is 0 Å². The van der Waals surface area contributed by atoms with Crippen molar-refractivity contribution < 1.29 is 0 Å². The molecule has 0 aromatic heterocycles. The quantitative estimate of drug-likeness (QED) is 0.785. The van der Waals surface area contributed by atoms with Crippen LogP contribution in [0.5, 0.6) is 0 Å². The Labute approximate surface area is 112 Å². The fourth-order valence-electron chi connectivity index (χ4n) is 3.68. The van der Waals surface area contributed by atoms with E-state index in [1.54, 1.807) is 0 Å². The summed E-state index contributed by atoms with van der Waals surface area (Å²) in [6.45, 7) is 13.8. The highest BCUT2D eigenvalue weighted by Gasteiger charge is 2.36. The van der Waals surface area contributed by atoms with E-state index in [4.69, 9.17) is 0 Å². The number of anilines is 1. The molecule has 0 bridgehead atoms. The molecule has 0 heterocycles. The minimum absolute atomic E-state index is 0.490. The number of nitrogens with one attached hydrogen (secondary N) is 1. The van der Waals surface area contributed by atoms with Crippen molar-refractivity contribution >= 4 is 5.69 Å². The molecule has 0 aliphatic heterocycles. The van der Waals surface area contributed by atoms with Gasteiger partial charge in [-0.25, -0.2) is 0 Å². The van der Waals surface area contributed by atoms with Gasteiger partial charge in [0.1, 0.15) is 0 Å². The molecular weight excluding hydrogens is 218 g/mol. The molecule has 0 saturated heterocycles. The fraction of sp³-hybridized carbons (Fsp3) is 0.647. The van der Waals surface area contributed by atoms with Gasteiger partial charge in [-0.15, -0.1) is 0 Å². The van der Waals surface area contributed by atoms with E-state index in [2.05, 4.69) is 59.0 Å². The number of benzene rings is 1. The molecule has 1 aromatic carbocycles. The summed E-state index contributed by atoms with van der Waals surface area (Å²) < 4.78 is 0. The largest absolute Gasteiger partial charge is 0.382 e. The molecule has 2 atom stereocenters. The zero-order chi connectivity index (χ0) is 13.5. The van der Waals surface area contributed by atoms with Gasteiger partial charge in [-0.2, -0.15) is 0 Å². The molecule has 1 aliphatic rings. The SMILES string of the molecule is Cc1cc(C)c(NC2CC(C)(C)CC2C)c(C)c1. The van der Waals surface area contributed by atoms with Crippen molar-refractivity contribution in [2.24, 2.45) is 11.3 Å². The first kappa shape index (κ1) is 13.5. The highest BCUT2D eigenvalue weighted by Crippen LogP contribution is 2.42. The summed E-state index contributed by atoms with van der Waals surface area (Å²) in [5.74, 6) is 0.764. The van der Waals surface area contributed by atoms with E-state index in [9.17, 15) is 0 Å². The van der Waals surface area contributed by atoms with Crippen LogP contribution in [0.3, 0.4) is 0 Å². The summed E-state index contributed by atoms with van der Waals surface area (Å²) in [5, 5.41) is 3.81. The van der Waals surface area contributed by atoms with Gasteiger partial charge in [-0.05, 0) is 56.1 Å². The Kier molecular flexibility index (Phi) is 3.44. The van der Waals surface area contributed by atoms with Crippen LogP contribution < -0.4 is 5.32 Å². The van der Waals surface area contributed by atoms with E-state index in [1.165, 1.54) is 35.2 Å². The molecule has 2 unspecified atom stereocenters. The lowest BCUT2D eigenvalue weighted by Crippen LogP contribution is -2.23. The zero-order valence-electron chi connectivity index (χ0n) is 12.7. The van der Waals surface area contributed by atoms with Crippen LogP contribution in [0.25, 0.3) is 0 Å². The average Bonchev–Trinajstić information content (AvgIpc) is 2.45. The van der Waals surface area contributed by atoms with Gasteiger partial charge in [-0.1, -0.05) is 38.5 Å². The van der Waals surface area contributed by atoms with Gasteiger partial charge < -0.3 is 5.32 Å². The van der Waals surface area contributed by atoms with Gasteiger partial charge in [0.15, 0.2) is 0 Å². The molecule has 18 heavy (non-hydrogen) atoms. The van der Waals surface area contributed by atoms with E-state index in [0.717, 1.165) is 5.92 Å². The molecule has 1 heteroatoms. The highest BCUT2D eigenvalue weighted by molar-refractivity contribution is 5.58. The molecule has 1 aromatic rings. The molecule has 1 N–H and O–H groups in total. The third kappa shape index (κ3) is 2.71. The third-order valence-electron chi connectivity index (χ3n) is 4.34. The molecule has 0 spiro atoms. The summed E-state index contributed by atoms with van der Waals surface area (Å²) >= 11 is 0. The smallest absolute Gasteiger partial charge is 0.0402 e. The monoisotopic (exact) mass is 245 g/mol. The lowest BCUT2D eigenvalue weighted by atomic mass is 9.91. The summed E-state index contributed by atoms with van der Waals surface area (Å²) in [4.78, 5) is 0. The minimum atomic E-state index is 0.490. The van der Waals surface area contributed by atoms with Crippen LogP contribution in [0.1, 0.15) is 50.3 Å². The lowest BCUT2D eigenvalue weighted by Gasteiger charge is -2.23. The summed E-state index contributed by atoms with van der Waals surface area (Å²) in [6, 6.07) is 5.18. The zero-order valence-corrected chi connectivity index (χ0v) is 12.7. The van der Waals surface area contributed by atoms with Crippen LogP contribution in [-0.2, 0) is 0 Å². The van der Waals surface area contributed by atoms with Crippen molar-refractivity contribution in [1.29, 1.82) is 0 Å². The standard InChI is InChI=1S/C17H27N/c1-11-7-12(2)16(13(3)8-11)18-15-10-17(5,6)9-14(15)4/h7-8,14-15,18H,9-10H2,1-6H3. The first-order valence-electron chi connectivity index (χ1n) is 7.13. The number of hydrogen-bond acceptors (Lipinski definition) is 1. The second kappa shape index (κ2) is 4.60. The highest BCUT2D eigenvalue weighted by atomic mass is 14.9. The van der Waals surface area contributed by atoms with Gasteiger partial charge in [-0.3, -0.25) is 0 Å². The Bertz CT molecular complexity index is 422. The summed E-state index contributed by atoms with van der Waals surface area (Å²) in [7, 11) is 0. The Morgan fingerprint density at radius 3 is 2.06 bits per heavy atom. The second-order valence-electron chi connectivity index (χ2n) is 7.07. The Hall–Kier alpha value is -0.980. The molecule has 1 nitrogen and oxygen atoms in total. The Morgan fingerprint density at radius 2 is 1.61 bits per heavy atom. The average molecular weight is 245 g/mol. The van der Waals surface area contributed by atoms with Crippen molar-refractivity contribution in [2.45, 2.75) is 60.4 Å². The maximum absolute atomic E-state index is 3.81. The van der Waals surface area contributed by atoms with Crippen molar-refractivity contribution in [2.75, 3.05) is 5.32 Å². The molecule has 1 saturated carbocycles. The van der Waals surface area contributed by atoms with Gasteiger partial charge in [0, 0.05) is 11.7 Å². The van der Waals surface area contributed by atoms with E-state index < -0.39 is 0 Å². The van der Waals surface area contributed by atoms with Gasteiger partial charge in [0.2, 0.25) is 0 Å². The number of rotatable bonds is 2.